The molecule has 4 heterocycles. The van der Waals surface area contributed by atoms with Crippen LogP contribution < -0.4 is 10.6 Å². The van der Waals surface area contributed by atoms with E-state index in [0.717, 1.165) is 71.2 Å². The predicted molar refractivity (Wildman–Crippen MR) is 143 cm³/mol. The van der Waals surface area contributed by atoms with Gasteiger partial charge in [0.05, 0.1) is 35.9 Å². The fourth-order valence-corrected chi connectivity index (χ4v) is 5.17. The van der Waals surface area contributed by atoms with E-state index in [1.165, 1.54) is 0 Å². The number of benzene rings is 2. The molecule has 0 amide bonds. The number of imidazole rings is 2. The smallest absolute Gasteiger partial charge is 0.123 e. The third kappa shape index (κ3) is 4.86. The average molecular weight is 477 g/mol. The Morgan fingerprint density at radius 3 is 1.42 bits per heavy atom. The second kappa shape index (κ2) is 9.77. The number of H-pyrrole nitrogens is 2. The van der Waals surface area contributed by atoms with Crippen molar-refractivity contribution in [3.8, 4) is 34.4 Å². The molecule has 2 aromatic heterocycles. The van der Waals surface area contributed by atoms with Crippen LogP contribution in [0.15, 0.2) is 60.9 Å². The van der Waals surface area contributed by atoms with Crippen LogP contribution in [0.25, 0.3) is 22.5 Å². The summed E-state index contributed by atoms with van der Waals surface area (Å²) in [5.74, 6) is 10.0. The zero-order chi connectivity index (χ0) is 24.5. The van der Waals surface area contributed by atoms with Crippen molar-refractivity contribution in [2.45, 2.75) is 38.8 Å². The van der Waals surface area contributed by atoms with Gasteiger partial charge in [-0.3, -0.25) is 0 Å². The van der Waals surface area contributed by atoms with Gasteiger partial charge >= 0.3 is 0 Å². The molecule has 0 aliphatic carbocycles. The lowest BCUT2D eigenvalue weighted by Gasteiger charge is -2.06. The SMILES string of the molecule is C[C@H]1CN[C@H](c2ncc(-c3ccc(C#Cc4ccc(-c5cnc([C@@H]6C[C@@H](C)CN6)[nH]5)cc4)cc3)[nH]2)C1. The van der Waals surface area contributed by atoms with Gasteiger partial charge in [0.25, 0.3) is 0 Å². The first-order chi connectivity index (χ1) is 17.6. The second-order valence-corrected chi connectivity index (χ2v) is 10.4. The summed E-state index contributed by atoms with van der Waals surface area (Å²) in [5.41, 5.74) is 6.31. The first kappa shape index (κ1) is 22.8. The van der Waals surface area contributed by atoms with Crippen LogP contribution in [0.4, 0.5) is 0 Å². The van der Waals surface area contributed by atoms with Gasteiger partial charge in [-0.1, -0.05) is 50.0 Å². The summed E-state index contributed by atoms with van der Waals surface area (Å²) in [6.07, 6.45) is 6.11. The second-order valence-electron chi connectivity index (χ2n) is 10.4. The maximum atomic E-state index is 4.61. The van der Waals surface area contributed by atoms with Crippen molar-refractivity contribution in [3.63, 3.8) is 0 Å². The molecule has 4 N–H and O–H groups in total. The molecule has 0 spiro atoms. The first-order valence-electron chi connectivity index (χ1n) is 12.9. The fraction of sp³-hybridized carbons (Fsp3) is 0.333. The molecular formula is C30H32N6. The Hall–Kier alpha value is -3.66. The van der Waals surface area contributed by atoms with Crippen LogP contribution in [0, 0.1) is 23.7 Å². The fourth-order valence-electron chi connectivity index (χ4n) is 5.17. The molecule has 0 saturated carbocycles. The van der Waals surface area contributed by atoms with E-state index < -0.39 is 0 Å². The van der Waals surface area contributed by atoms with Crippen molar-refractivity contribution in [3.05, 3.63) is 83.7 Å². The quantitative estimate of drug-likeness (QED) is 0.305. The standard InChI is InChI=1S/C30H32N6/c1-19-13-25(31-15-19)29-33-17-27(35-29)23-9-5-21(6-10-23)3-4-22-7-11-24(12-8-22)28-18-34-30(36-28)26-14-20(2)16-32-26/h5-12,17-20,25-26,31-32H,13-16H2,1-2H3,(H,33,35)(H,34,36)/t19-,20-,25+,26+/m1/s1. The summed E-state index contributed by atoms with van der Waals surface area (Å²) in [5, 5.41) is 7.07. The van der Waals surface area contributed by atoms with Crippen LogP contribution in [-0.2, 0) is 0 Å². The van der Waals surface area contributed by atoms with E-state index in [1.807, 2.05) is 12.4 Å². The van der Waals surface area contributed by atoms with E-state index in [9.17, 15) is 0 Å². The molecule has 6 rings (SSSR count). The van der Waals surface area contributed by atoms with E-state index in [0.29, 0.717) is 23.9 Å². The van der Waals surface area contributed by atoms with E-state index >= 15 is 0 Å². The zero-order valence-corrected chi connectivity index (χ0v) is 20.8. The monoisotopic (exact) mass is 476 g/mol. The van der Waals surface area contributed by atoms with Crippen molar-refractivity contribution < 1.29 is 0 Å². The molecule has 2 aliphatic heterocycles. The minimum atomic E-state index is 0.328. The molecular weight excluding hydrogens is 444 g/mol. The zero-order valence-electron chi connectivity index (χ0n) is 20.8. The number of aromatic amines is 2. The Balaban J connectivity index is 1.10. The Bertz CT molecular complexity index is 1280. The molecule has 0 radical (unpaired) electrons. The predicted octanol–water partition coefficient (Wildman–Crippen LogP) is 5.21. The Morgan fingerprint density at radius 1 is 0.639 bits per heavy atom. The van der Waals surface area contributed by atoms with Gasteiger partial charge in [0.15, 0.2) is 0 Å². The lowest BCUT2D eigenvalue weighted by Crippen LogP contribution is -2.14. The Labute approximate surface area is 212 Å². The molecule has 6 nitrogen and oxygen atoms in total. The molecule has 4 atom stereocenters. The Morgan fingerprint density at radius 2 is 1.06 bits per heavy atom. The molecule has 182 valence electrons. The number of rotatable bonds is 4. The maximum Gasteiger partial charge on any atom is 0.123 e. The van der Waals surface area contributed by atoms with Crippen LogP contribution >= 0.6 is 0 Å². The molecule has 2 aliphatic rings. The molecule has 2 aromatic carbocycles. The average Bonchev–Trinajstić information content (AvgIpc) is 3.70. The largest absolute Gasteiger partial charge is 0.341 e. The Kier molecular flexibility index (Phi) is 6.18. The van der Waals surface area contributed by atoms with Crippen molar-refractivity contribution in [1.29, 1.82) is 0 Å². The highest BCUT2D eigenvalue weighted by atomic mass is 15.0. The van der Waals surface area contributed by atoms with Crippen molar-refractivity contribution >= 4 is 0 Å². The summed E-state index contributed by atoms with van der Waals surface area (Å²) in [6, 6.07) is 17.3. The van der Waals surface area contributed by atoms with Gasteiger partial charge in [0.1, 0.15) is 11.6 Å². The van der Waals surface area contributed by atoms with E-state index in [-0.39, 0.29) is 0 Å². The van der Waals surface area contributed by atoms with E-state index in [2.05, 4.69) is 105 Å². The molecule has 0 bridgehead atoms. The van der Waals surface area contributed by atoms with E-state index in [1.54, 1.807) is 0 Å². The summed E-state index contributed by atoms with van der Waals surface area (Å²) in [6.45, 7) is 6.65. The van der Waals surface area contributed by atoms with E-state index in [4.69, 9.17) is 0 Å². The third-order valence-corrected chi connectivity index (χ3v) is 7.30. The van der Waals surface area contributed by atoms with Crippen molar-refractivity contribution in [2.75, 3.05) is 13.1 Å². The summed E-state index contributed by atoms with van der Waals surface area (Å²) in [7, 11) is 0. The van der Waals surface area contributed by atoms with Gasteiger partial charge in [-0.15, -0.1) is 0 Å². The highest BCUT2D eigenvalue weighted by molar-refractivity contribution is 5.62. The molecule has 2 fully saturated rings. The van der Waals surface area contributed by atoms with Gasteiger partial charge in [-0.2, -0.15) is 0 Å². The number of aromatic nitrogens is 4. The molecule has 4 aromatic rings. The van der Waals surface area contributed by atoms with Crippen LogP contribution in [0.1, 0.15) is 61.5 Å². The number of hydrogen-bond donors (Lipinski definition) is 4. The minimum absolute atomic E-state index is 0.328. The van der Waals surface area contributed by atoms with Crippen molar-refractivity contribution in [2.24, 2.45) is 11.8 Å². The van der Waals surface area contributed by atoms with Gasteiger partial charge in [0, 0.05) is 11.1 Å². The van der Waals surface area contributed by atoms with Gasteiger partial charge in [0.2, 0.25) is 0 Å². The van der Waals surface area contributed by atoms with Gasteiger partial charge in [-0.05, 0) is 73.2 Å². The number of hydrogen-bond acceptors (Lipinski definition) is 4. The first-order valence-corrected chi connectivity index (χ1v) is 12.9. The maximum absolute atomic E-state index is 4.61. The topological polar surface area (TPSA) is 81.4 Å². The molecule has 36 heavy (non-hydrogen) atoms. The minimum Gasteiger partial charge on any atom is -0.341 e. The summed E-state index contributed by atoms with van der Waals surface area (Å²) >= 11 is 0. The van der Waals surface area contributed by atoms with Crippen LogP contribution in [0.2, 0.25) is 0 Å². The van der Waals surface area contributed by atoms with Gasteiger partial charge < -0.3 is 20.6 Å². The van der Waals surface area contributed by atoms with Crippen LogP contribution in [0.5, 0.6) is 0 Å². The normalized spacial score (nSPS) is 23.5. The lowest BCUT2D eigenvalue weighted by atomic mass is 10.1. The van der Waals surface area contributed by atoms with Crippen LogP contribution in [0.3, 0.4) is 0 Å². The summed E-state index contributed by atoms with van der Waals surface area (Å²) < 4.78 is 0. The molecule has 0 unspecified atom stereocenters. The highest BCUT2D eigenvalue weighted by Crippen LogP contribution is 2.28. The van der Waals surface area contributed by atoms with Gasteiger partial charge in [-0.25, -0.2) is 9.97 Å². The lowest BCUT2D eigenvalue weighted by molar-refractivity contribution is 0.588. The van der Waals surface area contributed by atoms with Crippen LogP contribution in [-0.4, -0.2) is 33.0 Å². The third-order valence-electron chi connectivity index (χ3n) is 7.30. The molecule has 2 saturated heterocycles. The summed E-state index contributed by atoms with van der Waals surface area (Å²) in [4.78, 5) is 16.2. The molecule has 6 heteroatoms. The number of nitrogens with zero attached hydrogens (tertiary/aromatic N) is 2. The number of nitrogens with one attached hydrogen (secondary N) is 4. The highest BCUT2D eigenvalue weighted by Gasteiger charge is 2.25. The van der Waals surface area contributed by atoms with Crippen molar-refractivity contribution in [1.82, 2.24) is 30.6 Å².